The lowest BCUT2D eigenvalue weighted by atomic mass is 9.64. The predicted molar refractivity (Wildman–Crippen MR) is 46.7 cm³/mol. The van der Waals surface area contributed by atoms with Gasteiger partial charge in [0.05, 0.1) is 0 Å². The van der Waals surface area contributed by atoms with Crippen molar-refractivity contribution in [2.45, 2.75) is 32.6 Å². The SMILES string of the molecule is CC1(C)CC(c2cc(N)no2)C1. The molecule has 1 aromatic heterocycles. The van der Waals surface area contributed by atoms with Gasteiger partial charge in [-0.1, -0.05) is 19.0 Å². The molecule has 1 aliphatic rings. The van der Waals surface area contributed by atoms with Crippen molar-refractivity contribution in [1.82, 2.24) is 5.16 Å². The van der Waals surface area contributed by atoms with Gasteiger partial charge in [-0.05, 0) is 18.3 Å². The van der Waals surface area contributed by atoms with Crippen molar-refractivity contribution < 1.29 is 4.52 Å². The smallest absolute Gasteiger partial charge is 0.167 e. The zero-order valence-corrected chi connectivity index (χ0v) is 7.50. The number of rotatable bonds is 1. The highest BCUT2D eigenvalue weighted by atomic mass is 16.5. The maximum absolute atomic E-state index is 5.46. The molecule has 0 aliphatic heterocycles. The summed E-state index contributed by atoms with van der Waals surface area (Å²) in [5.74, 6) is 1.99. The summed E-state index contributed by atoms with van der Waals surface area (Å²) in [5.41, 5.74) is 5.94. The molecule has 1 heterocycles. The van der Waals surface area contributed by atoms with Gasteiger partial charge >= 0.3 is 0 Å². The number of nitrogens with two attached hydrogens (primary N) is 1. The summed E-state index contributed by atoms with van der Waals surface area (Å²) < 4.78 is 5.09. The average molecular weight is 166 g/mol. The Bertz CT molecular complexity index is 282. The largest absolute Gasteiger partial charge is 0.381 e. The molecular weight excluding hydrogens is 152 g/mol. The van der Waals surface area contributed by atoms with Crippen LogP contribution in [0, 0.1) is 5.41 Å². The van der Waals surface area contributed by atoms with Crippen LogP contribution in [0.4, 0.5) is 5.82 Å². The summed E-state index contributed by atoms with van der Waals surface area (Å²) >= 11 is 0. The molecule has 0 aromatic carbocycles. The summed E-state index contributed by atoms with van der Waals surface area (Å²) in [6.45, 7) is 4.53. The standard InChI is InChI=1S/C9H14N2O/c1-9(2)4-6(5-9)7-3-8(10)11-12-7/h3,6H,4-5H2,1-2H3,(H2,10,11). The van der Waals surface area contributed by atoms with Crippen molar-refractivity contribution in [2.75, 3.05) is 5.73 Å². The number of nitrogens with zero attached hydrogens (tertiary/aromatic N) is 1. The van der Waals surface area contributed by atoms with Crippen molar-refractivity contribution in [3.8, 4) is 0 Å². The zero-order chi connectivity index (χ0) is 8.77. The number of hydrogen-bond donors (Lipinski definition) is 1. The van der Waals surface area contributed by atoms with Gasteiger partial charge in [0, 0.05) is 12.0 Å². The molecule has 0 bridgehead atoms. The molecule has 66 valence electrons. The first-order chi connectivity index (χ1) is 5.57. The van der Waals surface area contributed by atoms with Crippen LogP contribution < -0.4 is 5.73 Å². The lowest BCUT2D eigenvalue weighted by Gasteiger charge is -2.41. The summed E-state index contributed by atoms with van der Waals surface area (Å²) in [6, 6.07) is 1.83. The molecule has 2 rings (SSSR count). The third-order valence-corrected chi connectivity index (χ3v) is 2.55. The van der Waals surface area contributed by atoms with Crippen LogP contribution >= 0.6 is 0 Å². The highest BCUT2D eigenvalue weighted by Crippen LogP contribution is 2.50. The lowest BCUT2D eigenvalue weighted by Crippen LogP contribution is -2.29. The molecule has 1 saturated carbocycles. The zero-order valence-electron chi connectivity index (χ0n) is 7.50. The molecule has 1 aliphatic carbocycles. The Labute approximate surface area is 71.9 Å². The van der Waals surface area contributed by atoms with Crippen molar-refractivity contribution in [2.24, 2.45) is 5.41 Å². The average Bonchev–Trinajstić information content (AvgIpc) is 2.30. The molecule has 2 N–H and O–H groups in total. The van der Waals surface area contributed by atoms with E-state index in [0.717, 1.165) is 5.76 Å². The van der Waals surface area contributed by atoms with Gasteiger partial charge in [-0.25, -0.2) is 0 Å². The maximum atomic E-state index is 5.46. The summed E-state index contributed by atoms with van der Waals surface area (Å²) in [5, 5.41) is 3.67. The summed E-state index contributed by atoms with van der Waals surface area (Å²) in [7, 11) is 0. The van der Waals surface area contributed by atoms with Crippen LogP contribution in [0.1, 0.15) is 38.4 Å². The summed E-state index contributed by atoms with van der Waals surface area (Å²) in [4.78, 5) is 0. The minimum Gasteiger partial charge on any atom is -0.381 e. The molecule has 3 heteroatoms. The molecule has 0 spiro atoms. The monoisotopic (exact) mass is 166 g/mol. The Balaban J connectivity index is 2.06. The Hall–Kier alpha value is -0.990. The second-order valence-electron chi connectivity index (χ2n) is 4.42. The normalized spacial score (nSPS) is 22.2. The molecule has 0 amide bonds. The van der Waals surface area contributed by atoms with E-state index in [4.69, 9.17) is 10.3 Å². The van der Waals surface area contributed by atoms with Crippen molar-refractivity contribution >= 4 is 5.82 Å². The summed E-state index contributed by atoms with van der Waals surface area (Å²) in [6.07, 6.45) is 2.36. The van der Waals surface area contributed by atoms with E-state index in [2.05, 4.69) is 19.0 Å². The van der Waals surface area contributed by atoms with Gasteiger partial charge in [0.2, 0.25) is 0 Å². The van der Waals surface area contributed by atoms with Gasteiger partial charge in [-0.3, -0.25) is 0 Å². The molecule has 0 atom stereocenters. The van der Waals surface area contributed by atoms with Crippen LogP contribution in [0.3, 0.4) is 0 Å². The molecule has 0 saturated heterocycles. The fourth-order valence-corrected chi connectivity index (χ4v) is 1.97. The predicted octanol–water partition coefficient (Wildman–Crippen LogP) is 2.16. The third kappa shape index (κ3) is 1.19. The van der Waals surface area contributed by atoms with E-state index in [1.54, 1.807) is 0 Å². The van der Waals surface area contributed by atoms with Crippen LogP contribution in [0.2, 0.25) is 0 Å². The van der Waals surface area contributed by atoms with Crippen LogP contribution in [0.5, 0.6) is 0 Å². The number of aromatic nitrogens is 1. The maximum Gasteiger partial charge on any atom is 0.167 e. The van der Waals surface area contributed by atoms with Crippen LogP contribution in [-0.2, 0) is 0 Å². The van der Waals surface area contributed by atoms with Gasteiger partial charge in [0.25, 0.3) is 0 Å². The molecule has 12 heavy (non-hydrogen) atoms. The Kier molecular flexibility index (Phi) is 1.43. The van der Waals surface area contributed by atoms with Gasteiger partial charge in [0.15, 0.2) is 5.82 Å². The third-order valence-electron chi connectivity index (χ3n) is 2.55. The van der Waals surface area contributed by atoms with Crippen molar-refractivity contribution in [1.29, 1.82) is 0 Å². The second kappa shape index (κ2) is 2.25. The van der Waals surface area contributed by atoms with Crippen LogP contribution in [-0.4, -0.2) is 5.16 Å². The van der Waals surface area contributed by atoms with Crippen molar-refractivity contribution in [3.05, 3.63) is 11.8 Å². The minimum absolute atomic E-state index is 0.478. The van der Waals surface area contributed by atoms with Gasteiger partial charge < -0.3 is 10.3 Å². The van der Waals surface area contributed by atoms with Gasteiger partial charge in [-0.2, -0.15) is 0 Å². The minimum atomic E-state index is 0.478. The number of anilines is 1. The lowest BCUT2D eigenvalue weighted by molar-refractivity contribution is 0.128. The highest BCUT2D eigenvalue weighted by molar-refractivity contribution is 5.29. The second-order valence-corrected chi connectivity index (χ2v) is 4.42. The fourth-order valence-electron chi connectivity index (χ4n) is 1.97. The molecule has 3 nitrogen and oxygen atoms in total. The molecule has 1 aromatic rings. The number of hydrogen-bond acceptors (Lipinski definition) is 3. The first-order valence-corrected chi connectivity index (χ1v) is 4.29. The topological polar surface area (TPSA) is 52.0 Å². The van der Waals surface area contributed by atoms with Crippen LogP contribution in [0.25, 0.3) is 0 Å². The van der Waals surface area contributed by atoms with E-state index in [-0.39, 0.29) is 0 Å². The quantitative estimate of drug-likeness (QED) is 0.695. The highest BCUT2D eigenvalue weighted by Gasteiger charge is 2.38. The van der Waals surface area contributed by atoms with E-state index >= 15 is 0 Å². The molecule has 1 fully saturated rings. The van der Waals surface area contributed by atoms with E-state index in [9.17, 15) is 0 Å². The van der Waals surface area contributed by atoms with Crippen molar-refractivity contribution in [3.63, 3.8) is 0 Å². The van der Waals surface area contributed by atoms with E-state index in [0.29, 0.717) is 17.2 Å². The first kappa shape index (κ1) is 7.65. The molecular formula is C9H14N2O. The Morgan fingerprint density at radius 3 is 2.67 bits per heavy atom. The van der Waals surface area contributed by atoms with E-state index in [1.807, 2.05) is 6.07 Å². The van der Waals surface area contributed by atoms with Gasteiger partial charge in [-0.15, -0.1) is 0 Å². The molecule has 0 unspecified atom stereocenters. The fraction of sp³-hybridized carbons (Fsp3) is 0.667. The first-order valence-electron chi connectivity index (χ1n) is 4.29. The van der Waals surface area contributed by atoms with Crippen LogP contribution in [0.15, 0.2) is 10.6 Å². The van der Waals surface area contributed by atoms with E-state index < -0.39 is 0 Å². The number of nitrogen functional groups attached to an aromatic ring is 1. The Morgan fingerprint density at radius 2 is 2.25 bits per heavy atom. The van der Waals surface area contributed by atoms with Gasteiger partial charge in [0.1, 0.15) is 5.76 Å². The molecule has 0 radical (unpaired) electrons. The Morgan fingerprint density at radius 1 is 1.58 bits per heavy atom. The van der Waals surface area contributed by atoms with E-state index in [1.165, 1.54) is 12.8 Å².